The molecule has 0 N–H and O–H groups in total. The summed E-state index contributed by atoms with van der Waals surface area (Å²) in [6, 6.07) is 0. The van der Waals surface area contributed by atoms with Gasteiger partial charge in [0, 0.05) is 19.6 Å². The lowest BCUT2D eigenvalue weighted by molar-refractivity contribution is 0.0555. The van der Waals surface area contributed by atoms with E-state index in [0.717, 1.165) is 23.7 Å². The van der Waals surface area contributed by atoms with Crippen LogP contribution in [-0.4, -0.2) is 49.6 Å². The van der Waals surface area contributed by atoms with Crippen molar-refractivity contribution in [1.29, 1.82) is 0 Å². The highest BCUT2D eigenvalue weighted by molar-refractivity contribution is 4.84. The highest BCUT2D eigenvalue weighted by Crippen LogP contribution is 2.29. The summed E-state index contributed by atoms with van der Waals surface area (Å²) in [6.07, 6.45) is 2.82. The topological polar surface area (TPSA) is 6.48 Å². The molecule has 0 aromatic carbocycles. The summed E-state index contributed by atoms with van der Waals surface area (Å²) in [7, 11) is 2.27. The van der Waals surface area contributed by atoms with Crippen LogP contribution in [0.4, 0.5) is 0 Å². The second kappa shape index (κ2) is 5.71. The van der Waals surface area contributed by atoms with Gasteiger partial charge in [0.2, 0.25) is 0 Å². The van der Waals surface area contributed by atoms with Crippen molar-refractivity contribution in [3.05, 3.63) is 0 Å². The summed E-state index contributed by atoms with van der Waals surface area (Å²) in [5.41, 5.74) is 0. The highest BCUT2D eigenvalue weighted by Gasteiger charge is 2.32. The van der Waals surface area contributed by atoms with E-state index in [1.807, 2.05) is 0 Å². The molecule has 2 saturated heterocycles. The molecule has 0 aromatic heterocycles. The van der Waals surface area contributed by atoms with Crippen molar-refractivity contribution in [2.75, 3.05) is 39.8 Å². The van der Waals surface area contributed by atoms with E-state index in [1.165, 1.54) is 45.6 Å². The van der Waals surface area contributed by atoms with Gasteiger partial charge in [-0.25, -0.2) is 0 Å². The average molecular weight is 238 g/mol. The monoisotopic (exact) mass is 238 g/mol. The van der Waals surface area contributed by atoms with Crippen molar-refractivity contribution < 1.29 is 0 Å². The van der Waals surface area contributed by atoms with Gasteiger partial charge < -0.3 is 9.80 Å². The van der Waals surface area contributed by atoms with Gasteiger partial charge in [-0.2, -0.15) is 0 Å². The van der Waals surface area contributed by atoms with Gasteiger partial charge in [-0.15, -0.1) is 0 Å². The Bertz CT molecular complexity index is 221. The first-order valence-corrected chi connectivity index (χ1v) is 7.47. The molecule has 2 nitrogen and oxygen atoms in total. The van der Waals surface area contributed by atoms with Crippen LogP contribution in [0.25, 0.3) is 0 Å². The molecule has 0 saturated carbocycles. The van der Waals surface area contributed by atoms with Crippen molar-refractivity contribution >= 4 is 0 Å². The minimum absolute atomic E-state index is 0.864. The normalized spacial score (nSPS) is 38.5. The van der Waals surface area contributed by atoms with E-state index in [4.69, 9.17) is 0 Å². The predicted molar refractivity (Wildman–Crippen MR) is 74.2 cm³/mol. The highest BCUT2D eigenvalue weighted by atomic mass is 15.1. The molecule has 2 heterocycles. The molecular formula is C15H30N2. The summed E-state index contributed by atoms with van der Waals surface area (Å²) in [5, 5.41) is 0. The Balaban J connectivity index is 1.85. The molecular weight excluding hydrogens is 208 g/mol. The van der Waals surface area contributed by atoms with E-state index >= 15 is 0 Å². The van der Waals surface area contributed by atoms with E-state index in [-0.39, 0.29) is 0 Å². The lowest BCUT2D eigenvalue weighted by Crippen LogP contribution is -2.48. The van der Waals surface area contributed by atoms with Crippen LogP contribution in [0.2, 0.25) is 0 Å². The molecule has 2 rings (SSSR count). The van der Waals surface area contributed by atoms with Gasteiger partial charge in [-0.3, -0.25) is 0 Å². The third-order valence-electron chi connectivity index (χ3n) is 5.01. The van der Waals surface area contributed by atoms with Gasteiger partial charge in [0.15, 0.2) is 0 Å². The Morgan fingerprint density at radius 3 is 2.00 bits per heavy atom. The Labute approximate surface area is 107 Å². The molecule has 0 amide bonds. The number of piperidine rings is 2. The summed E-state index contributed by atoms with van der Waals surface area (Å²) in [6.45, 7) is 13.9. The number of rotatable bonds is 2. The number of hydrogen-bond donors (Lipinski definition) is 0. The van der Waals surface area contributed by atoms with Crippen LogP contribution >= 0.6 is 0 Å². The van der Waals surface area contributed by atoms with Gasteiger partial charge in [0.25, 0.3) is 0 Å². The summed E-state index contributed by atoms with van der Waals surface area (Å²) in [5.74, 6) is 3.60. The molecule has 2 heteroatoms. The molecule has 17 heavy (non-hydrogen) atoms. The largest absolute Gasteiger partial charge is 0.306 e. The van der Waals surface area contributed by atoms with Gasteiger partial charge in [-0.05, 0) is 56.7 Å². The molecule has 0 spiro atoms. The van der Waals surface area contributed by atoms with Crippen LogP contribution in [0, 0.1) is 23.7 Å². The fourth-order valence-corrected chi connectivity index (χ4v) is 3.79. The zero-order valence-electron chi connectivity index (χ0n) is 12.2. The van der Waals surface area contributed by atoms with Crippen molar-refractivity contribution in [3.63, 3.8) is 0 Å². The van der Waals surface area contributed by atoms with E-state index in [9.17, 15) is 0 Å². The zero-order valence-corrected chi connectivity index (χ0v) is 12.2. The average Bonchev–Trinajstić information content (AvgIpc) is 2.26. The Morgan fingerprint density at radius 1 is 0.941 bits per heavy atom. The lowest BCUT2D eigenvalue weighted by Gasteiger charge is -2.43. The molecule has 2 aliphatic rings. The third kappa shape index (κ3) is 3.45. The predicted octanol–water partition coefficient (Wildman–Crippen LogP) is 2.55. The lowest BCUT2D eigenvalue weighted by atomic mass is 9.79. The first kappa shape index (κ1) is 13.4. The molecule has 0 aromatic rings. The van der Waals surface area contributed by atoms with E-state index < -0.39 is 0 Å². The van der Waals surface area contributed by atoms with Crippen LogP contribution < -0.4 is 0 Å². The number of likely N-dealkylation sites (tertiary alicyclic amines) is 2. The number of hydrogen-bond acceptors (Lipinski definition) is 2. The maximum absolute atomic E-state index is 2.73. The van der Waals surface area contributed by atoms with Gasteiger partial charge in [-0.1, -0.05) is 20.8 Å². The Morgan fingerprint density at radius 2 is 1.47 bits per heavy atom. The van der Waals surface area contributed by atoms with Crippen molar-refractivity contribution in [3.8, 4) is 0 Å². The van der Waals surface area contributed by atoms with Crippen LogP contribution in [0.3, 0.4) is 0 Å². The molecule has 0 aliphatic carbocycles. The Kier molecular flexibility index (Phi) is 4.48. The van der Waals surface area contributed by atoms with Crippen LogP contribution in [0.15, 0.2) is 0 Å². The van der Waals surface area contributed by atoms with Gasteiger partial charge >= 0.3 is 0 Å². The zero-order chi connectivity index (χ0) is 12.4. The molecule has 100 valence electrons. The molecule has 2 unspecified atom stereocenters. The standard InChI is InChI=1S/C15H30N2/c1-12-5-7-17(8-6-12)11-15-13(2)9-16(4)10-14(15)3/h12-15H,5-11H2,1-4H3. The van der Waals surface area contributed by atoms with Crippen molar-refractivity contribution in [2.45, 2.75) is 33.6 Å². The van der Waals surface area contributed by atoms with Gasteiger partial charge in [0.1, 0.15) is 0 Å². The maximum atomic E-state index is 2.73. The molecule has 0 bridgehead atoms. The van der Waals surface area contributed by atoms with E-state index in [0.29, 0.717) is 0 Å². The fourth-order valence-electron chi connectivity index (χ4n) is 3.79. The van der Waals surface area contributed by atoms with E-state index in [1.54, 1.807) is 0 Å². The molecule has 2 fully saturated rings. The SMILES string of the molecule is CC1CCN(CC2C(C)CN(C)CC2C)CC1. The summed E-state index contributed by atoms with van der Waals surface area (Å²) < 4.78 is 0. The van der Waals surface area contributed by atoms with E-state index in [2.05, 4.69) is 37.6 Å². The molecule has 2 aliphatic heterocycles. The maximum Gasteiger partial charge on any atom is 0.00157 e. The minimum Gasteiger partial charge on any atom is -0.306 e. The van der Waals surface area contributed by atoms with Gasteiger partial charge in [0.05, 0.1) is 0 Å². The fraction of sp³-hybridized carbons (Fsp3) is 1.00. The number of nitrogens with zero attached hydrogens (tertiary/aromatic N) is 2. The smallest absolute Gasteiger partial charge is 0.00157 e. The first-order valence-electron chi connectivity index (χ1n) is 7.47. The van der Waals surface area contributed by atoms with Crippen LogP contribution in [0.5, 0.6) is 0 Å². The third-order valence-corrected chi connectivity index (χ3v) is 5.01. The van der Waals surface area contributed by atoms with Crippen LogP contribution in [0.1, 0.15) is 33.6 Å². The first-order chi connectivity index (χ1) is 8.06. The second-order valence-electron chi connectivity index (χ2n) is 6.82. The second-order valence-corrected chi connectivity index (χ2v) is 6.82. The minimum atomic E-state index is 0.864. The summed E-state index contributed by atoms with van der Waals surface area (Å²) >= 11 is 0. The molecule has 2 atom stereocenters. The Hall–Kier alpha value is -0.0800. The quantitative estimate of drug-likeness (QED) is 0.729. The molecule has 0 radical (unpaired) electrons. The summed E-state index contributed by atoms with van der Waals surface area (Å²) in [4.78, 5) is 5.23. The van der Waals surface area contributed by atoms with Crippen LogP contribution in [-0.2, 0) is 0 Å². The van der Waals surface area contributed by atoms with Crippen molar-refractivity contribution in [1.82, 2.24) is 9.80 Å². The van der Waals surface area contributed by atoms with Crippen molar-refractivity contribution in [2.24, 2.45) is 23.7 Å².